The van der Waals surface area contributed by atoms with Crippen molar-refractivity contribution < 1.29 is 57.5 Å². The van der Waals surface area contributed by atoms with Crippen LogP contribution in [0.15, 0.2) is 70.1 Å². The summed E-state index contributed by atoms with van der Waals surface area (Å²) >= 11 is 0. The number of nitrogens with zero attached hydrogens (tertiary/aromatic N) is 3. The van der Waals surface area contributed by atoms with Crippen LogP contribution in [0.2, 0.25) is 0 Å². The number of phenolic OH excluding ortho intramolecular Hbond substituents is 1. The van der Waals surface area contributed by atoms with Crippen molar-refractivity contribution in [2.75, 3.05) is 75.2 Å². The van der Waals surface area contributed by atoms with Gasteiger partial charge in [-0.05, 0) is 54.6 Å². The standard InChI is InChI=1S/2C14H17NO4.C13H15NO4/c2*1-16-12-4-3-10(7-13(12)17-2)11-8-14(19-15-11)5-6-18-9-14;1-16-12-6-9(2-3-11(12)15)10-7-13(18-14-10)4-5-17-8-13/h2*3-4,7H,5-6,8-9H2,1-2H3;2-3,6,15H,4-5,7-8H2,1H3. The van der Waals surface area contributed by atoms with Gasteiger partial charge < -0.3 is 57.5 Å². The summed E-state index contributed by atoms with van der Waals surface area (Å²) in [5, 5.41) is 22.1. The number of hydrogen-bond acceptors (Lipinski definition) is 15. The Morgan fingerprint density at radius 1 is 0.464 bits per heavy atom. The number of ether oxygens (including phenoxy) is 8. The van der Waals surface area contributed by atoms with Gasteiger partial charge in [0.2, 0.25) is 0 Å². The predicted molar refractivity (Wildman–Crippen MR) is 205 cm³/mol. The lowest BCUT2D eigenvalue weighted by Gasteiger charge is -2.17. The van der Waals surface area contributed by atoms with Crippen molar-refractivity contribution in [3.63, 3.8) is 0 Å². The van der Waals surface area contributed by atoms with Gasteiger partial charge in [0.1, 0.15) is 0 Å². The van der Waals surface area contributed by atoms with Crippen LogP contribution in [-0.2, 0) is 28.7 Å². The molecule has 3 unspecified atom stereocenters. The first-order chi connectivity index (χ1) is 27.2. The van der Waals surface area contributed by atoms with Crippen LogP contribution in [0.1, 0.15) is 55.2 Å². The van der Waals surface area contributed by atoms with Crippen molar-refractivity contribution in [1.29, 1.82) is 0 Å². The molecule has 6 heterocycles. The zero-order valence-corrected chi connectivity index (χ0v) is 32.5. The first kappa shape index (κ1) is 39.0. The van der Waals surface area contributed by atoms with E-state index in [4.69, 9.17) is 52.4 Å². The van der Waals surface area contributed by atoms with Crippen molar-refractivity contribution in [1.82, 2.24) is 0 Å². The molecule has 1 N–H and O–H groups in total. The topological polar surface area (TPSA) is 159 Å². The number of methoxy groups -OCH3 is 5. The van der Waals surface area contributed by atoms with E-state index in [0.717, 1.165) is 92.2 Å². The number of phenols is 1. The Kier molecular flexibility index (Phi) is 11.7. The third-order valence-corrected chi connectivity index (χ3v) is 10.7. The first-order valence-corrected chi connectivity index (χ1v) is 18.6. The Labute approximate surface area is 326 Å². The lowest BCUT2D eigenvalue weighted by atomic mass is 9.93. The maximum atomic E-state index is 9.57. The Morgan fingerprint density at radius 2 is 0.804 bits per heavy atom. The van der Waals surface area contributed by atoms with Crippen LogP contribution in [0.3, 0.4) is 0 Å². The second kappa shape index (κ2) is 16.9. The first-order valence-electron chi connectivity index (χ1n) is 18.6. The molecule has 3 spiro atoms. The minimum absolute atomic E-state index is 0.125. The van der Waals surface area contributed by atoms with E-state index in [1.165, 1.54) is 7.11 Å². The molecule has 6 aliphatic heterocycles. The van der Waals surface area contributed by atoms with Gasteiger partial charge in [-0.1, -0.05) is 15.5 Å². The lowest BCUT2D eigenvalue weighted by Crippen LogP contribution is -2.29. The monoisotopic (exact) mass is 775 g/mol. The Bertz CT molecular complexity index is 1850. The molecule has 0 saturated carbocycles. The lowest BCUT2D eigenvalue weighted by molar-refractivity contribution is -0.0238. The summed E-state index contributed by atoms with van der Waals surface area (Å²) in [6.45, 7) is 4.04. The van der Waals surface area contributed by atoms with Gasteiger partial charge in [0, 0.05) is 55.2 Å². The third kappa shape index (κ3) is 8.30. The van der Waals surface area contributed by atoms with Gasteiger partial charge in [-0.2, -0.15) is 0 Å². The Hall–Kier alpha value is -5.25. The maximum absolute atomic E-state index is 9.57. The smallest absolute Gasteiger partial charge is 0.168 e. The van der Waals surface area contributed by atoms with Gasteiger partial charge >= 0.3 is 0 Å². The highest BCUT2D eigenvalue weighted by Gasteiger charge is 2.45. The van der Waals surface area contributed by atoms with Gasteiger partial charge in [0.15, 0.2) is 51.3 Å². The summed E-state index contributed by atoms with van der Waals surface area (Å²) in [7, 11) is 8.02. The summed E-state index contributed by atoms with van der Waals surface area (Å²) in [5.41, 5.74) is 4.89. The average molecular weight is 776 g/mol. The second-order valence-corrected chi connectivity index (χ2v) is 14.4. The molecular weight excluding hydrogens is 726 g/mol. The van der Waals surface area contributed by atoms with Crippen molar-refractivity contribution in [3.05, 3.63) is 71.3 Å². The molecule has 300 valence electrons. The average Bonchev–Trinajstić information content (AvgIpc) is 4.12. The highest BCUT2D eigenvalue weighted by Crippen LogP contribution is 2.39. The molecule has 56 heavy (non-hydrogen) atoms. The molecule has 3 saturated heterocycles. The van der Waals surface area contributed by atoms with Crippen LogP contribution in [0.4, 0.5) is 0 Å². The number of hydrogen-bond donors (Lipinski definition) is 1. The summed E-state index contributed by atoms with van der Waals surface area (Å²) in [6.07, 6.45) is 4.96. The molecule has 3 aromatic carbocycles. The normalized spacial score (nSPS) is 25.6. The summed E-state index contributed by atoms with van der Waals surface area (Å²) in [6, 6.07) is 16.7. The highest BCUT2D eigenvalue weighted by molar-refractivity contribution is 6.03. The minimum atomic E-state index is -0.277. The summed E-state index contributed by atoms with van der Waals surface area (Å²) in [4.78, 5) is 16.7. The maximum Gasteiger partial charge on any atom is 0.168 e. The van der Waals surface area contributed by atoms with Crippen molar-refractivity contribution >= 4 is 17.1 Å². The van der Waals surface area contributed by atoms with Crippen LogP contribution >= 0.6 is 0 Å². The summed E-state index contributed by atoms with van der Waals surface area (Å²) < 4.78 is 42.3. The molecule has 3 aromatic rings. The van der Waals surface area contributed by atoms with Crippen molar-refractivity contribution in [3.8, 4) is 34.5 Å². The molecular formula is C41H49N3O12. The van der Waals surface area contributed by atoms with Crippen LogP contribution in [0.25, 0.3) is 0 Å². The Balaban J connectivity index is 0.000000129. The van der Waals surface area contributed by atoms with Crippen LogP contribution in [0, 0.1) is 0 Å². The van der Waals surface area contributed by atoms with E-state index in [2.05, 4.69) is 15.5 Å². The molecule has 3 atom stereocenters. The minimum Gasteiger partial charge on any atom is -0.504 e. The fourth-order valence-corrected chi connectivity index (χ4v) is 7.32. The SMILES string of the molecule is COc1cc(C2=NOC3(CCOC3)C2)ccc1O.COc1ccc(C2=NOC3(CCOC3)C2)cc1OC.COc1ccc(C2=NOC3(CCOC3)C2)cc1OC. The number of rotatable bonds is 8. The zero-order valence-electron chi connectivity index (χ0n) is 32.5. The van der Waals surface area contributed by atoms with E-state index in [1.54, 1.807) is 40.6 Å². The second-order valence-electron chi connectivity index (χ2n) is 14.4. The number of oxime groups is 3. The number of benzene rings is 3. The highest BCUT2D eigenvalue weighted by atomic mass is 16.7. The molecule has 0 aromatic heterocycles. The van der Waals surface area contributed by atoms with Crippen molar-refractivity contribution in [2.45, 2.75) is 55.3 Å². The van der Waals surface area contributed by atoms with E-state index in [-0.39, 0.29) is 22.6 Å². The largest absolute Gasteiger partial charge is 0.504 e. The zero-order chi connectivity index (χ0) is 39.2. The molecule has 6 aliphatic rings. The fourth-order valence-electron chi connectivity index (χ4n) is 7.32. The molecule has 0 aliphatic carbocycles. The summed E-state index contributed by atoms with van der Waals surface area (Å²) in [5.74, 6) is 3.39. The Morgan fingerprint density at radius 3 is 1.12 bits per heavy atom. The van der Waals surface area contributed by atoms with E-state index < -0.39 is 0 Å². The van der Waals surface area contributed by atoms with E-state index in [0.29, 0.717) is 48.6 Å². The van der Waals surface area contributed by atoms with Gasteiger partial charge in [-0.3, -0.25) is 0 Å². The fraction of sp³-hybridized carbons (Fsp3) is 0.488. The van der Waals surface area contributed by atoms with Gasteiger partial charge in [0.25, 0.3) is 0 Å². The van der Waals surface area contributed by atoms with Gasteiger partial charge in [-0.25, -0.2) is 0 Å². The molecule has 15 nitrogen and oxygen atoms in total. The number of aromatic hydroxyl groups is 1. The van der Waals surface area contributed by atoms with Crippen LogP contribution in [0.5, 0.6) is 34.5 Å². The quantitative estimate of drug-likeness (QED) is 0.300. The van der Waals surface area contributed by atoms with Gasteiger partial charge in [-0.15, -0.1) is 0 Å². The van der Waals surface area contributed by atoms with Gasteiger partial charge in [0.05, 0.1) is 92.3 Å². The molecule has 9 rings (SSSR count). The van der Waals surface area contributed by atoms with Crippen LogP contribution < -0.4 is 23.7 Å². The van der Waals surface area contributed by atoms with Crippen LogP contribution in [-0.4, -0.2) is 114 Å². The molecule has 15 heteroatoms. The molecule has 0 amide bonds. The molecule has 0 radical (unpaired) electrons. The third-order valence-electron chi connectivity index (χ3n) is 10.7. The van der Waals surface area contributed by atoms with E-state index in [9.17, 15) is 5.11 Å². The molecule has 3 fully saturated rings. The molecule has 0 bridgehead atoms. The predicted octanol–water partition coefficient (Wildman–Crippen LogP) is 5.66. The van der Waals surface area contributed by atoms with E-state index >= 15 is 0 Å². The van der Waals surface area contributed by atoms with Crippen molar-refractivity contribution in [2.24, 2.45) is 15.5 Å². The van der Waals surface area contributed by atoms with E-state index in [1.807, 2.05) is 42.5 Å².